The van der Waals surface area contributed by atoms with Crippen molar-refractivity contribution in [3.05, 3.63) is 49.6 Å². The first-order valence-corrected chi connectivity index (χ1v) is 7.44. The molecule has 0 radical (unpaired) electrons. The lowest BCUT2D eigenvalue weighted by atomic mass is 10.2. The average Bonchev–Trinajstić information content (AvgIpc) is 2.75. The van der Waals surface area contributed by atoms with Crippen molar-refractivity contribution >= 4 is 46.1 Å². The normalized spacial score (nSPS) is 10.5. The zero-order chi connectivity index (χ0) is 14.0. The largest absolute Gasteiger partial charge is 0.320 e. The van der Waals surface area contributed by atoms with E-state index in [1.54, 1.807) is 18.2 Å². The van der Waals surface area contributed by atoms with Gasteiger partial charge in [-0.25, -0.2) is 0 Å². The average molecular weight is 314 g/mol. The minimum atomic E-state index is -0.156. The van der Waals surface area contributed by atoms with Gasteiger partial charge in [0, 0.05) is 9.90 Å². The summed E-state index contributed by atoms with van der Waals surface area (Å²) in [6.45, 7) is 4.09. The van der Waals surface area contributed by atoms with Crippen LogP contribution < -0.4 is 5.32 Å². The lowest BCUT2D eigenvalue weighted by molar-refractivity contribution is 0.103. The number of aryl methyl sites for hydroxylation is 2. The van der Waals surface area contributed by atoms with E-state index in [0.717, 1.165) is 6.42 Å². The second-order valence-corrected chi connectivity index (χ2v) is 6.22. The van der Waals surface area contributed by atoms with Crippen LogP contribution in [-0.2, 0) is 6.42 Å². The number of halogens is 2. The third kappa shape index (κ3) is 3.30. The zero-order valence-corrected chi connectivity index (χ0v) is 12.9. The highest BCUT2D eigenvalue weighted by Crippen LogP contribution is 2.27. The van der Waals surface area contributed by atoms with Crippen molar-refractivity contribution in [3.8, 4) is 0 Å². The number of nitrogens with one attached hydrogen (secondary N) is 1. The Labute approximate surface area is 126 Å². The summed E-state index contributed by atoms with van der Waals surface area (Å²) in [4.78, 5) is 14.0. The van der Waals surface area contributed by atoms with Gasteiger partial charge in [-0.05, 0) is 43.2 Å². The molecule has 0 saturated heterocycles. The first kappa shape index (κ1) is 14.4. The van der Waals surface area contributed by atoms with E-state index in [-0.39, 0.29) is 5.91 Å². The Morgan fingerprint density at radius 1 is 1.32 bits per heavy atom. The summed E-state index contributed by atoms with van der Waals surface area (Å²) in [6, 6.07) is 6.91. The highest BCUT2D eigenvalue weighted by Gasteiger charge is 2.13. The first-order chi connectivity index (χ1) is 9.01. The van der Waals surface area contributed by atoms with Crippen LogP contribution in [0.1, 0.15) is 27.0 Å². The molecule has 0 saturated carbocycles. The van der Waals surface area contributed by atoms with Crippen LogP contribution >= 0.6 is 34.5 Å². The third-order valence-electron chi connectivity index (χ3n) is 2.80. The summed E-state index contributed by atoms with van der Waals surface area (Å²) in [5, 5.41) is 3.80. The van der Waals surface area contributed by atoms with E-state index in [4.69, 9.17) is 23.2 Å². The fourth-order valence-corrected chi connectivity index (χ4v) is 3.11. The Morgan fingerprint density at radius 2 is 2.05 bits per heavy atom. The van der Waals surface area contributed by atoms with Crippen LogP contribution in [-0.4, -0.2) is 5.91 Å². The van der Waals surface area contributed by atoms with E-state index in [1.807, 2.05) is 13.0 Å². The van der Waals surface area contributed by atoms with Gasteiger partial charge in [0.2, 0.25) is 0 Å². The van der Waals surface area contributed by atoms with Crippen LogP contribution in [0.2, 0.25) is 10.0 Å². The molecular formula is C14H13Cl2NOS. The Balaban J connectivity index is 2.22. The maximum atomic E-state index is 12.2. The van der Waals surface area contributed by atoms with Crippen molar-refractivity contribution in [2.45, 2.75) is 20.3 Å². The number of amides is 1. The SMILES string of the molecule is CCc1cc(C(=O)Nc2cc(Cl)ccc2Cl)sc1C. The van der Waals surface area contributed by atoms with Gasteiger partial charge in [-0.1, -0.05) is 30.1 Å². The lowest BCUT2D eigenvalue weighted by Crippen LogP contribution is -2.10. The van der Waals surface area contributed by atoms with Gasteiger partial charge in [0.1, 0.15) is 0 Å². The lowest BCUT2D eigenvalue weighted by Gasteiger charge is -2.06. The number of carbonyl (C=O) groups excluding carboxylic acids is 1. The number of rotatable bonds is 3. The second kappa shape index (κ2) is 5.95. The molecule has 1 N–H and O–H groups in total. The molecule has 100 valence electrons. The monoisotopic (exact) mass is 313 g/mol. The van der Waals surface area contributed by atoms with E-state index in [0.29, 0.717) is 20.6 Å². The topological polar surface area (TPSA) is 29.1 Å². The summed E-state index contributed by atoms with van der Waals surface area (Å²) >= 11 is 13.4. The van der Waals surface area contributed by atoms with Crippen LogP contribution in [0, 0.1) is 6.92 Å². The Hall–Kier alpha value is -1.03. The second-order valence-electron chi connectivity index (χ2n) is 4.12. The minimum Gasteiger partial charge on any atom is -0.320 e. The van der Waals surface area contributed by atoms with Crippen molar-refractivity contribution in [1.82, 2.24) is 0 Å². The fraction of sp³-hybridized carbons (Fsp3) is 0.214. The summed E-state index contributed by atoms with van der Waals surface area (Å²) in [6.07, 6.45) is 0.924. The molecule has 0 fully saturated rings. The first-order valence-electron chi connectivity index (χ1n) is 5.87. The van der Waals surface area contributed by atoms with Crippen molar-refractivity contribution in [3.63, 3.8) is 0 Å². The molecular weight excluding hydrogens is 301 g/mol. The van der Waals surface area contributed by atoms with E-state index in [2.05, 4.69) is 12.2 Å². The molecule has 2 rings (SSSR count). The molecule has 5 heteroatoms. The zero-order valence-electron chi connectivity index (χ0n) is 10.6. The molecule has 1 aromatic carbocycles. The van der Waals surface area contributed by atoms with E-state index < -0.39 is 0 Å². The predicted molar refractivity (Wildman–Crippen MR) is 82.8 cm³/mol. The fourth-order valence-electron chi connectivity index (χ4n) is 1.76. The molecule has 1 amide bonds. The molecule has 0 aliphatic carbocycles. The summed E-state index contributed by atoms with van der Waals surface area (Å²) < 4.78 is 0. The third-order valence-corrected chi connectivity index (χ3v) is 4.46. The maximum Gasteiger partial charge on any atom is 0.265 e. The number of benzene rings is 1. The van der Waals surface area contributed by atoms with Gasteiger partial charge in [0.05, 0.1) is 15.6 Å². The van der Waals surface area contributed by atoms with E-state index in [9.17, 15) is 4.79 Å². The van der Waals surface area contributed by atoms with Crippen molar-refractivity contribution in [2.75, 3.05) is 5.32 Å². The Bertz CT molecular complexity index is 622. The highest BCUT2D eigenvalue weighted by molar-refractivity contribution is 7.14. The molecule has 0 bridgehead atoms. The summed E-state index contributed by atoms with van der Waals surface area (Å²) in [5.74, 6) is -0.156. The number of hydrogen-bond donors (Lipinski definition) is 1. The van der Waals surface area contributed by atoms with Gasteiger partial charge in [-0.3, -0.25) is 4.79 Å². The van der Waals surface area contributed by atoms with Gasteiger partial charge in [-0.15, -0.1) is 11.3 Å². The molecule has 0 unspecified atom stereocenters. The van der Waals surface area contributed by atoms with Crippen LogP contribution in [0.5, 0.6) is 0 Å². The smallest absolute Gasteiger partial charge is 0.265 e. The Kier molecular flexibility index (Phi) is 4.50. The van der Waals surface area contributed by atoms with E-state index >= 15 is 0 Å². The van der Waals surface area contributed by atoms with Gasteiger partial charge in [0.25, 0.3) is 5.91 Å². The van der Waals surface area contributed by atoms with Gasteiger partial charge in [0.15, 0.2) is 0 Å². The predicted octanol–water partition coefficient (Wildman–Crippen LogP) is 5.18. The quantitative estimate of drug-likeness (QED) is 0.831. The van der Waals surface area contributed by atoms with Crippen LogP contribution in [0.4, 0.5) is 5.69 Å². The molecule has 1 heterocycles. The molecule has 0 atom stereocenters. The molecule has 0 spiro atoms. The van der Waals surface area contributed by atoms with Crippen LogP contribution in [0.3, 0.4) is 0 Å². The number of carbonyl (C=O) groups is 1. The Morgan fingerprint density at radius 3 is 2.68 bits per heavy atom. The van der Waals surface area contributed by atoms with Crippen molar-refractivity contribution in [1.29, 1.82) is 0 Å². The standard InChI is InChI=1S/C14H13Cl2NOS/c1-3-9-6-13(19-8(9)2)14(18)17-12-7-10(15)4-5-11(12)16/h4-7H,3H2,1-2H3,(H,17,18). The molecule has 1 aromatic heterocycles. The van der Waals surface area contributed by atoms with E-state index in [1.165, 1.54) is 21.8 Å². The molecule has 2 aromatic rings. The minimum absolute atomic E-state index is 0.156. The number of hydrogen-bond acceptors (Lipinski definition) is 2. The molecule has 2 nitrogen and oxygen atoms in total. The summed E-state index contributed by atoms with van der Waals surface area (Å²) in [7, 11) is 0. The number of thiophene rings is 1. The molecule has 0 aliphatic heterocycles. The van der Waals surface area contributed by atoms with Gasteiger partial charge >= 0.3 is 0 Å². The summed E-state index contributed by atoms with van der Waals surface area (Å²) in [5.41, 5.74) is 1.73. The van der Waals surface area contributed by atoms with Crippen molar-refractivity contribution in [2.24, 2.45) is 0 Å². The highest BCUT2D eigenvalue weighted by atomic mass is 35.5. The number of anilines is 1. The van der Waals surface area contributed by atoms with Gasteiger partial charge in [-0.2, -0.15) is 0 Å². The van der Waals surface area contributed by atoms with Crippen molar-refractivity contribution < 1.29 is 4.79 Å². The molecule has 0 aliphatic rings. The maximum absolute atomic E-state index is 12.2. The van der Waals surface area contributed by atoms with Crippen LogP contribution in [0.15, 0.2) is 24.3 Å². The van der Waals surface area contributed by atoms with Crippen LogP contribution in [0.25, 0.3) is 0 Å². The van der Waals surface area contributed by atoms with Gasteiger partial charge < -0.3 is 5.32 Å². The molecule has 19 heavy (non-hydrogen) atoms.